The lowest BCUT2D eigenvalue weighted by Gasteiger charge is -2.16. The van der Waals surface area contributed by atoms with Crippen molar-refractivity contribution >= 4 is 17.6 Å². The number of hydrogen-bond donors (Lipinski definition) is 1. The third-order valence-electron chi connectivity index (χ3n) is 2.66. The van der Waals surface area contributed by atoms with Crippen LogP contribution >= 0.6 is 0 Å². The molecular formula is C11H15N3O5. The summed E-state index contributed by atoms with van der Waals surface area (Å²) in [7, 11) is 1.46. The van der Waals surface area contributed by atoms with E-state index in [1.165, 1.54) is 28.8 Å². The van der Waals surface area contributed by atoms with Crippen molar-refractivity contribution in [2.24, 2.45) is 0 Å². The largest absolute Gasteiger partial charge is 0.481 e. The maximum absolute atomic E-state index is 12.1. The lowest BCUT2D eigenvalue weighted by Crippen LogP contribution is -2.30. The first-order valence-corrected chi connectivity index (χ1v) is 5.68. The molecule has 0 radical (unpaired) electrons. The van der Waals surface area contributed by atoms with Crippen molar-refractivity contribution in [1.29, 1.82) is 0 Å². The van der Waals surface area contributed by atoms with Gasteiger partial charge >= 0.3 is 5.97 Å². The molecule has 8 heteroatoms. The van der Waals surface area contributed by atoms with E-state index in [1.807, 2.05) is 0 Å². The lowest BCUT2D eigenvalue weighted by molar-refractivity contribution is -0.384. The minimum absolute atomic E-state index is 0.0524. The Morgan fingerprint density at radius 2 is 2.16 bits per heavy atom. The monoisotopic (exact) mass is 269 g/mol. The van der Waals surface area contributed by atoms with Crippen LogP contribution in [0.25, 0.3) is 0 Å². The standard InChI is InChI=1S/C11H15N3O5/c1-3-13-7-8(14(18)19)6-9(13)11(17)12(2)5-4-10(15)16/h6-7H,3-5H2,1-2H3,(H,15,16). The fourth-order valence-corrected chi connectivity index (χ4v) is 1.60. The Kier molecular flexibility index (Phi) is 4.62. The number of carbonyl (C=O) groups excluding carboxylic acids is 1. The number of amides is 1. The fraction of sp³-hybridized carbons (Fsp3) is 0.455. The van der Waals surface area contributed by atoms with Crippen LogP contribution < -0.4 is 0 Å². The van der Waals surface area contributed by atoms with Gasteiger partial charge in [0.1, 0.15) is 5.69 Å². The molecule has 1 N–H and O–H groups in total. The minimum Gasteiger partial charge on any atom is -0.481 e. The topological polar surface area (TPSA) is 106 Å². The highest BCUT2D eigenvalue weighted by atomic mass is 16.6. The molecule has 0 unspecified atom stereocenters. The van der Waals surface area contributed by atoms with Crippen molar-refractivity contribution in [3.8, 4) is 0 Å². The first-order chi connectivity index (χ1) is 8.86. The van der Waals surface area contributed by atoms with E-state index < -0.39 is 16.8 Å². The van der Waals surface area contributed by atoms with Crippen LogP contribution in [-0.2, 0) is 11.3 Å². The van der Waals surface area contributed by atoms with Crippen molar-refractivity contribution in [1.82, 2.24) is 9.47 Å². The van der Waals surface area contributed by atoms with Crippen molar-refractivity contribution in [2.45, 2.75) is 19.9 Å². The summed E-state index contributed by atoms with van der Waals surface area (Å²) in [5.41, 5.74) is 0.0268. The predicted molar refractivity (Wildman–Crippen MR) is 66.0 cm³/mol. The highest BCUT2D eigenvalue weighted by Crippen LogP contribution is 2.17. The van der Waals surface area contributed by atoms with Gasteiger partial charge < -0.3 is 14.6 Å². The summed E-state index contributed by atoms with van der Waals surface area (Å²) in [5.74, 6) is -1.44. The predicted octanol–water partition coefficient (Wildman–Crippen LogP) is 0.963. The summed E-state index contributed by atoms with van der Waals surface area (Å²) in [6, 6.07) is 1.20. The highest BCUT2D eigenvalue weighted by Gasteiger charge is 2.21. The zero-order chi connectivity index (χ0) is 14.6. The Morgan fingerprint density at radius 1 is 1.53 bits per heavy atom. The summed E-state index contributed by atoms with van der Waals surface area (Å²) in [5, 5.41) is 19.2. The Balaban J connectivity index is 2.91. The Labute approximate surface area is 109 Å². The van der Waals surface area contributed by atoms with Gasteiger partial charge in [-0.2, -0.15) is 0 Å². The van der Waals surface area contributed by atoms with Gasteiger partial charge in [-0.25, -0.2) is 0 Å². The molecule has 1 aromatic rings. The zero-order valence-corrected chi connectivity index (χ0v) is 10.7. The van der Waals surface area contributed by atoms with E-state index >= 15 is 0 Å². The molecule has 104 valence electrons. The van der Waals surface area contributed by atoms with E-state index in [0.29, 0.717) is 6.54 Å². The smallest absolute Gasteiger partial charge is 0.305 e. The van der Waals surface area contributed by atoms with Crippen LogP contribution in [-0.4, -0.2) is 45.0 Å². The van der Waals surface area contributed by atoms with Crippen LogP contribution in [0.1, 0.15) is 23.8 Å². The lowest BCUT2D eigenvalue weighted by atomic mass is 10.3. The SMILES string of the molecule is CCn1cc([N+](=O)[O-])cc1C(=O)N(C)CCC(=O)O. The molecule has 1 amide bonds. The summed E-state index contributed by atoms with van der Waals surface area (Å²) >= 11 is 0. The molecule has 0 saturated carbocycles. The Hall–Kier alpha value is -2.38. The molecule has 0 fully saturated rings. The second-order valence-corrected chi connectivity index (χ2v) is 4.00. The maximum atomic E-state index is 12.1. The summed E-state index contributed by atoms with van der Waals surface area (Å²) in [4.78, 5) is 33.9. The third kappa shape index (κ3) is 3.54. The van der Waals surface area contributed by atoms with E-state index in [-0.39, 0.29) is 24.3 Å². The average Bonchev–Trinajstić information content (AvgIpc) is 2.79. The van der Waals surface area contributed by atoms with Crippen molar-refractivity contribution in [3.05, 3.63) is 28.1 Å². The number of carboxylic acid groups (broad SMARTS) is 1. The summed E-state index contributed by atoms with van der Waals surface area (Å²) in [6.45, 7) is 2.23. The number of rotatable bonds is 6. The van der Waals surface area contributed by atoms with Gasteiger partial charge in [-0.3, -0.25) is 19.7 Å². The van der Waals surface area contributed by atoms with Gasteiger partial charge in [0.05, 0.1) is 17.5 Å². The van der Waals surface area contributed by atoms with Gasteiger partial charge in [0.25, 0.3) is 11.6 Å². The van der Waals surface area contributed by atoms with Gasteiger partial charge in [-0.05, 0) is 6.92 Å². The first-order valence-electron chi connectivity index (χ1n) is 5.68. The first kappa shape index (κ1) is 14.7. The van der Waals surface area contributed by atoms with E-state index in [4.69, 9.17) is 5.11 Å². The number of nitrogens with zero attached hydrogens (tertiary/aromatic N) is 3. The van der Waals surface area contributed by atoms with Crippen LogP contribution in [0.4, 0.5) is 5.69 Å². The molecule has 8 nitrogen and oxygen atoms in total. The normalized spacial score (nSPS) is 10.2. The number of carboxylic acids is 1. The van der Waals surface area contributed by atoms with Crippen LogP contribution in [0, 0.1) is 10.1 Å². The average molecular weight is 269 g/mol. The third-order valence-corrected chi connectivity index (χ3v) is 2.66. The van der Waals surface area contributed by atoms with Crippen molar-refractivity contribution in [3.63, 3.8) is 0 Å². The molecule has 0 bridgehead atoms. The van der Waals surface area contributed by atoms with Crippen molar-refractivity contribution < 1.29 is 19.6 Å². The number of aryl methyl sites for hydroxylation is 1. The van der Waals surface area contributed by atoms with Gasteiger partial charge in [0.15, 0.2) is 0 Å². The van der Waals surface area contributed by atoms with Gasteiger partial charge in [-0.15, -0.1) is 0 Å². The quantitative estimate of drug-likeness (QED) is 0.611. The summed E-state index contributed by atoms with van der Waals surface area (Å²) in [6.07, 6.45) is 1.12. The molecule has 0 saturated heterocycles. The molecule has 0 spiro atoms. The van der Waals surface area contributed by atoms with E-state index in [9.17, 15) is 19.7 Å². The Morgan fingerprint density at radius 3 is 2.63 bits per heavy atom. The second kappa shape index (κ2) is 5.98. The number of nitro groups is 1. The molecule has 0 aliphatic carbocycles. The van der Waals surface area contributed by atoms with Crippen molar-refractivity contribution in [2.75, 3.05) is 13.6 Å². The molecule has 19 heavy (non-hydrogen) atoms. The van der Waals surface area contributed by atoms with E-state index in [2.05, 4.69) is 0 Å². The van der Waals surface area contributed by atoms with Crippen LogP contribution in [0.2, 0.25) is 0 Å². The molecular weight excluding hydrogens is 254 g/mol. The van der Waals surface area contributed by atoms with E-state index in [1.54, 1.807) is 6.92 Å². The highest BCUT2D eigenvalue weighted by molar-refractivity contribution is 5.93. The van der Waals surface area contributed by atoms with Gasteiger partial charge in [0.2, 0.25) is 0 Å². The molecule has 1 rings (SSSR count). The Bertz CT molecular complexity index is 508. The summed E-state index contributed by atoms with van der Waals surface area (Å²) < 4.78 is 1.47. The molecule has 0 aliphatic heterocycles. The van der Waals surface area contributed by atoms with Gasteiger partial charge in [-0.1, -0.05) is 0 Å². The minimum atomic E-state index is -1.00. The van der Waals surface area contributed by atoms with Crippen LogP contribution in [0.15, 0.2) is 12.3 Å². The van der Waals surface area contributed by atoms with E-state index in [0.717, 1.165) is 0 Å². The zero-order valence-electron chi connectivity index (χ0n) is 10.7. The maximum Gasteiger partial charge on any atom is 0.305 e. The molecule has 0 atom stereocenters. The molecule has 0 aliphatic rings. The van der Waals surface area contributed by atoms with Gasteiger partial charge in [0, 0.05) is 26.2 Å². The van der Waals surface area contributed by atoms with Crippen LogP contribution in [0.3, 0.4) is 0 Å². The number of hydrogen-bond acceptors (Lipinski definition) is 4. The fourth-order valence-electron chi connectivity index (χ4n) is 1.60. The number of aliphatic carboxylic acids is 1. The molecule has 0 aromatic carbocycles. The molecule has 1 heterocycles. The molecule has 1 aromatic heterocycles. The van der Waals surface area contributed by atoms with Crippen LogP contribution in [0.5, 0.6) is 0 Å². The number of aromatic nitrogens is 1. The number of carbonyl (C=O) groups is 2. The second-order valence-electron chi connectivity index (χ2n) is 4.00.